The second kappa shape index (κ2) is 8.90. The summed E-state index contributed by atoms with van der Waals surface area (Å²) in [5.74, 6) is 0.797. The number of halogens is 1. The molecule has 4 nitrogen and oxygen atoms in total. The monoisotopic (exact) mass is 311 g/mol. The van der Waals surface area contributed by atoms with Gasteiger partial charge in [-0.1, -0.05) is 43.6 Å². The van der Waals surface area contributed by atoms with Crippen LogP contribution in [0.2, 0.25) is 5.02 Å². The highest BCUT2D eigenvalue weighted by atomic mass is 35.5. The van der Waals surface area contributed by atoms with Gasteiger partial charge in [0.05, 0.1) is 0 Å². The molecule has 0 saturated heterocycles. The Kier molecular flexibility index (Phi) is 7.54. The van der Waals surface area contributed by atoms with Crippen molar-refractivity contribution in [3.63, 3.8) is 0 Å². The Hall–Kier alpha value is -1.26. The molecule has 0 spiro atoms. The van der Waals surface area contributed by atoms with Crippen LogP contribution in [-0.4, -0.2) is 39.8 Å². The third-order valence-electron chi connectivity index (χ3n) is 3.34. The van der Waals surface area contributed by atoms with Gasteiger partial charge >= 0.3 is 0 Å². The van der Waals surface area contributed by atoms with Gasteiger partial charge in [0.15, 0.2) is 5.96 Å². The summed E-state index contributed by atoms with van der Waals surface area (Å²) >= 11 is 6.29. The normalized spacial score (nSPS) is 12.3. The molecule has 0 heterocycles. The van der Waals surface area contributed by atoms with Crippen LogP contribution in [0.3, 0.4) is 0 Å². The number of guanidine groups is 1. The highest BCUT2D eigenvalue weighted by Crippen LogP contribution is 2.28. The minimum Gasteiger partial charge on any atom is -0.385 e. The Morgan fingerprint density at radius 3 is 2.62 bits per heavy atom. The number of nitrogens with one attached hydrogen (secondary N) is 2. The molecule has 0 atom stereocenters. The molecule has 118 valence electrons. The van der Waals surface area contributed by atoms with E-state index in [0.29, 0.717) is 0 Å². The molecular formula is C16H26ClN3O. The van der Waals surface area contributed by atoms with E-state index in [2.05, 4.69) is 35.5 Å². The Labute approximate surface area is 132 Å². The Bertz CT molecular complexity index is 461. The molecule has 0 bridgehead atoms. The molecule has 0 radical (unpaired) electrons. The van der Waals surface area contributed by atoms with Gasteiger partial charge in [-0.3, -0.25) is 4.99 Å². The molecule has 0 aliphatic rings. The van der Waals surface area contributed by atoms with Gasteiger partial charge in [-0.05, 0) is 18.1 Å². The standard InChI is InChI=1S/C16H26ClN3O/c1-16(2,13-8-5-6-9-14(13)17)12-20-15(18-3)19-10-7-11-21-4/h5-6,8-9H,7,10-12H2,1-4H3,(H2,18,19,20). The lowest BCUT2D eigenvalue weighted by Gasteiger charge is -2.27. The van der Waals surface area contributed by atoms with Crippen LogP contribution in [0.1, 0.15) is 25.8 Å². The van der Waals surface area contributed by atoms with E-state index in [4.69, 9.17) is 16.3 Å². The Morgan fingerprint density at radius 1 is 1.29 bits per heavy atom. The van der Waals surface area contributed by atoms with Crippen molar-refractivity contribution in [2.75, 3.05) is 33.9 Å². The van der Waals surface area contributed by atoms with Gasteiger partial charge in [0.1, 0.15) is 0 Å². The number of hydrogen-bond acceptors (Lipinski definition) is 2. The number of methoxy groups -OCH3 is 1. The van der Waals surface area contributed by atoms with E-state index in [0.717, 1.165) is 42.7 Å². The minimum atomic E-state index is -0.0809. The number of nitrogens with zero attached hydrogens (tertiary/aromatic N) is 1. The first-order valence-electron chi connectivity index (χ1n) is 7.19. The molecule has 0 aliphatic carbocycles. The molecule has 0 fully saturated rings. The van der Waals surface area contributed by atoms with Crippen LogP contribution < -0.4 is 10.6 Å². The third-order valence-corrected chi connectivity index (χ3v) is 3.67. The highest BCUT2D eigenvalue weighted by Gasteiger charge is 2.23. The van der Waals surface area contributed by atoms with Crippen LogP contribution in [0.25, 0.3) is 0 Å². The second-order valence-electron chi connectivity index (χ2n) is 5.56. The summed E-state index contributed by atoms with van der Waals surface area (Å²) < 4.78 is 5.03. The largest absolute Gasteiger partial charge is 0.385 e. The summed E-state index contributed by atoms with van der Waals surface area (Å²) in [5.41, 5.74) is 1.05. The van der Waals surface area contributed by atoms with Gasteiger partial charge in [0.25, 0.3) is 0 Å². The number of aliphatic imine (C=N–C) groups is 1. The molecule has 0 amide bonds. The van der Waals surface area contributed by atoms with E-state index < -0.39 is 0 Å². The summed E-state index contributed by atoms with van der Waals surface area (Å²) in [4.78, 5) is 4.23. The summed E-state index contributed by atoms with van der Waals surface area (Å²) in [7, 11) is 3.48. The van der Waals surface area contributed by atoms with E-state index in [9.17, 15) is 0 Å². The van der Waals surface area contributed by atoms with Crippen molar-refractivity contribution in [3.8, 4) is 0 Å². The SMILES string of the molecule is CN=C(NCCCOC)NCC(C)(C)c1ccccc1Cl. The van der Waals surface area contributed by atoms with E-state index in [1.54, 1.807) is 14.2 Å². The van der Waals surface area contributed by atoms with Crippen LogP contribution >= 0.6 is 11.6 Å². The zero-order valence-electron chi connectivity index (χ0n) is 13.4. The van der Waals surface area contributed by atoms with Gasteiger partial charge in [-0.2, -0.15) is 0 Å². The van der Waals surface area contributed by atoms with Gasteiger partial charge in [0, 0.05) is 44.3 Å². The number of rotatable bonds is 7. The van der Waals surface area contributed by atoms with Crippen molar-refractivity contribution in [1.82, 2.24) is 10.6 Å². The van der Waals surface area contributed by atoms with Gasteiger partial charge < -0.3 is 15.4 Å². The predicted molar refractivity (Wildman–Crippen MR) is 90.3 cm³/mol. The predicted octanol–water partition coefficient (Wildman–Crippen LogP) is 2.82. The molecule has 1 rings (SSSR count). The molecule has 0 aromatic heterocycles. The van der Waals surface area contributed by atoms with Crippen molar-refractivity contribution in [1.29, 1.82) is 0 Å². The van der Waals surface area contributed by atoms with Crippen molar-refractivity contribution in [3.05, 3.63) is 34.9 Å². The molecule has 1 aromatic rings. The average molecular weight is 312 g/mol. The fourth-order valence-corrected chi connectivity index (χ4v) is 2.45. The van der Waals surface area contributed by atoms with E-state index >= 15 is 0 Å². The van der Waals surface area contributed by atoms with Crippen molar-refractivity contribution in [2.45, 2.75) is 25.7 Å². The first-order chi connectivity index (χ1) is 10.0. The number of benzene rings is 1. The fourth-order valence-electron chi connectivity index (χ4n) is 2.05. The van der Waals surface area contributed by atoms with E-state index in [-0.39, 0.29) is 5.41 Å². The maximum atomic E-state index is 6.29. The van der Waals surface area contributed by atoms with Crippen LogP contribution in [0, 0.1) is 0 Å². The lowest BCUT2D eigenvalue weighted by atomic mass is 9.84. The molecule has 1 aromatic carbocycles. The van der Waals surface area contributed by atoms with Crippen LogP contribution in [0.4, 0.5) is 0 Å². The maximum absolute atomic E-state index is 6.29. The molecule has 0 aliphatic heterocycles. The summed E-state index contributed by atoms with van der Waals surface area (Å²) in [6.07, 6.45) is 0.950. The Morgan fingerprint density at radius 2 is 2.00 bits per heavy atom. The van der Waals surface area contributed by atoms with Crippen molar-refractivity contribution in [2.24, 2.45) is 4.99 Å². The van der Waals surface area contributed by atoms with E-state index in [1.807, 2.05) is 18.2 Å². The lowest BCUT2D eigenvalue weighted by Crippen LogP contribution is -2.43. The molecule has 2 N–H and O–H groups in total. The van der Waals surface area contributed by atoms with Crippen LogP contribution in [0.5, 0.6) is 0 Å². The first-order valence-corrected chi connectivity index (χ1v) is 7.57. The molecule has 0 saturated carbocycles. The second-order valence-corrected chi connectivity index (χ2v) is 5.97. The zero-order chi connectivity index (χ0) is 15.7. The minimum absolute atomic E-state index is 0.0809. The quantitative estimate of drug-likeness (QED) is 0.462. The smallest absolute Gasteiger partial charge is 0.191 e. The van der Waals surface area contributed by atoms with Crippen LogP contribution in [0.15, 0.2) is 29.3 Å². The number of hydrogen-bond donors (Lipinski definition) is 2. The highest BCUT2D eigenvalue weighted by molar-refractivity contribution is 6.31. The van der Waals surface area contributed by atoms with E-state index in [1.165, 1.54) is 0 Å². The lowest BCUT2D eigenvalue weighted by molar-refractivity contribution is 0.195. The maximum Gasteiger partial charge on any atom is 0.191 e. The van der Waals surface area contributed by atoms with Gasteiger partial charge in [-0.25, -0.2) is 0 Å². The summed E-state index contributed by atoms with van der Waals surface area (Å²) in [6, 6.07) is 7.96. The average Bonchev–Trinajstić information content (AvgIpc) is 2.47. The topological polar surface area (TPSA) is 45.7 Å². The van der Waals surface area contributed by atoms with Crippen molar-refractivity contribution < 1.29 is 4.74 Å². The van der Waals surface area contributed by atoms with Gasteiger partial charge in [0.2, 0.25) is 0 Å². The number of ether oxygens (including phenoxy) is 1. The summed E-state index contributed by atoms with van der Waals surface area (Å²) in [5, 5.41) is 7.42. The summed E-state index contributed by atoms with van der Waals surface area (Å²) in [6.45, 7) is 6.66. The fraction of sp³-hybridized carbons (Fsp3) is 0.562. The first kappa shape index (κ1) is 17.8. The molecule has 5 heteroatoms. The Balaban J connectivity index is 2.53. The third kappa shape index (κ3) is 5.94. The van der Waals surface area contributed by atoms with Crippen LogP contribution in [-0.2, 0) is 10.2 Å². The van der Waals surface area contributed by atoms with Crippen molar-refractivity contribution >= 4 is 17.6 Å². The molecule has 0 unspecified atom stereocenters. The zero-order valence-corrected chi connectivity index (χ0v) is 14.1. The molecular weight excluding hydrogens is 286 g/mol. The molecule has 21 heavy (non-hydrogen) atoms. The van der Waals surface area contributed by atoms with Gasteiger partial charge in [-0.15, -0.1) is 0 Å².